The van der Waals surface area contributed by atoms with Gasteiger partial charge >= 0.3 is 0 Å². The molecular formula is C15H23F2N3O. The fraction of sp³-hybridized carbons (Fsp3) is 0.533. The van der Waals surface area contributed by atoms with Crippen LogP contribution in [0.1, 0.15) is 25.0 Å². The number of aliphatic imine (C=N–C) groups is 1. The van der Waals surface area contributed by atoms with E-state index in [4.69, 9.17) is 4.74 Å². The predicted octanol–water partition coefficient (Wildman–Crippen LogP) is 2.71. The van der Waals surface area contributed by atoms with Gasteiger partial charge in [-0.1, -0.05) is 12.1 Å². The molecule has 0 amide bonds. The number of nitrogens with zero attached hydrogens (tertiary/aromatic N) is 1. The Morgan fingerprint density at radius 1 is 1.29 bits per heavy atom. The Balaban J connectivity index is 2.78. The maximum absolute atomic E-state index is 12.2. The number of hydrogen-bond donors (Lipinski definition) is 2. The Morgan fingerprint density at radius 3 is 2.67 bits per heavy atom. The molecule has 0 atom stereocenters. The predicted molar refractivity (Wildman–Crippen MR) is 81.2 cm³/mol. The molecule has 0 aliphatic heterocycles. The van der Waals surface area contributed by atoms with Gasteiger partial charge in [0.25, 0.3) is 6.43 Å². The van der Waals surface area contributed by atoms with E-state index in [0.717, 1.165) is 16.9 Å². The molecule has 1 aromatic carbocycles. The highest BCUT2D eigenvalue weighted by Crippen LogP contribution is 2.21. The molecule has 4 nitrogen and oxygen atoms in total. The smallest absolute Gasteiger partial charge is 0.255 e. The Hall–Kier alpha value is -1.85. The van der Waals surface area contributed by atoms with Crippen molar-refractivity contribution in [2.75, 3.05) is 19.7 Å². The molecule has 1 aromatic rings. The van der Waals surface area contributed by atoms with E-state index >= 15 is 0 Å². The zero-order chi connectivity index (χ0) is 15.7. The molecule has 0 saturated carbocycles. The van der Waals surface area contributed by atoms with Crippen LogP contribution in [0.4, 0.5) is 8.78 Å². The first-order valence-electron chi connectivity index (χ1n) is 7.09. The Labute approximate surface area is 124 Å². The van der Waals surface area contributed by atoms with Crippen molar-refractivity contribution in [3.05, 3.63) is 29.3 Å². The molecule has 0 bridgehead atoms. The van der Waals surface area contributed by atoms with Crippen molar-refractivity contribution in [3.8, 4) is 5.75 Å². The van der Waals surface area contributed by atoms with Gasteiger partial charge in [-0.05, 0) is 32.4 Å². The fourth-order valence-electron chi connectivity index (χ4n) is 1.76. The lowest BCUT2D eigenvalue weighted by atomic mass is 10.1. The summed E-state index contributed by atoms with van der Waals surface area (Å²) >= 11 is 0. The summed E-state index contributed by atoms with van der Waals surface area (Å²) in [5.41, 5.74) is 2.03. The molecule has 0 heterocycles. The summed E-state index contributed by atoms with van der Waals surface area (Å²) in [5.74, 6) is 1.16. The summed E-state index contributed by atoms with van der Waals surface area (Å²) in [6, 6.07) is 5.88. The maximum Gasteiger partial charge on any atom is 0.255 e. The van der Waals surface area contributed by atoms with E-state index in [0.29, 0.717) is 25.7 Å². The number of guanidine groups is 1. The van der Waals surface area contributed by atoms with Crippen LogP contribution in [0.15, 0.2) is 23.2 Å². The highest BCUT2D eigenvalue weighted by atomic mass is 19.3. The Kier molecular flexibility index (Phi) is 7.50. The van der Waals surface area contributed by atoms with Gasteiger partial charge in [-0.2, -0.15) is 0 Å². The van der Waals surface area contributed by atoms with Gasteiger partial charge in [-0.15, -0.1) is 0 Å². The topological polar surface area (TPSA) is 45.7 Å². The van der Waals surface area contributed by atoms with Gasteiger partial charge in [0.1, 0.15) is 5.75 Å². The molecule has 0 fully saturated rings. The van der Waals surface area contributed by atoms with Crippen LogP contribution in [-0.2, 0) is 6.54 Å². The summed E-state index contributed by atoms with van der Waals surface area (Å²) in [5, 5.41) is 5.54. The molecule has 6 heteroatoms. The molecule has 118 valence electrons. The van der Waals surface area contributed by atoms with E-state index in [1.165, 1.54) is 0 Å². The van der Waals surface area contributed by atoms with Crippen molar-refractivity contribution >= 4 is 5.96 Å². The number of hydrogen-bond acceptors (Lipinski definition) is 2. The van der Waals surface area contributed by atoms with Crippen molar-refractivity contribution < 1.29 is 13.5 Å². The van der Waals surface area contributed by atoms with Crippen molar-refractivity contribution in [3.63, 3.8) is 0 Å². The maximum atomic E-state index is 12.2. The lowest BCUT2D eigenvalue weighted by molar-refractivity contribution is 0.152. The van der Waals surface area contributed by atoms with Crippen LogP contribution in [0.3, 0.4) is 0 Å². The number of rotatable bonds is 7. The minimum Gasteiger partial charge on any atom is -0.494 e. The van der Waals surface area contributed by atoms with Crippen LogP contribution in [0.5, 0.6) is 5.75 Å². The zero-order valence-corrected chi connectivity index (χ0v) is 12.7. The van der Waals surface area contributed by atoms with Crippen LogP contribution in [0, 0.1) is 6.92 Å². The zero-order valence-electron chi connectivity index (χ0n) is 12.7. The average molecular weight is 299 g/mol. The summed E-state index contributed by atoms with van der Waals surface area (Å²) in [7, 11) is 0. The number of benzene rings is 1. The van der Waals surface area contributed by atoms with E-state index in [-0.39, 0.29) is 0 Å². The highest BCUT2D eigenvalue weighted by Gasteiger charge is 2.06. The lowest BCUT2D eigenvalue weighted by Crippen LogP contribution is -2.39. The molecule has 2 N–H and O–H groups in total. The third kappa shape index (κ3) is 6.42. The van der Waals surface area contributed by atoms with Crippen LogP contribution in [0.25, 0.3) is 0 Å². The molecule has 0 aliphatic carbocycles. The minimum atomic E-state index is -2.41. The molecule has 0 radical (unpaired) electrons. The van der Waals surface area contributed by atoms with Crippen LogP contribution >= 0.6 is 0 Å². The molecule has 0 aromatic heterocycles. The first-order valence-corrected chi connectivity index (χ1v) is 7.09. The number of halogens is 2. The fourth-order valence-corrected chi connectivity index (χ4v) is 1.76. The quantitative estimate of drug-likeness (QED) is 0.601. The van der Waals surface area contributed by atoms with E-state index in [1.807, 2.05) is 39.0 Å². The molecule has 0 saturated heterocycles. The number of aryl methyl sites for hydroxylation is 1. The summed E-state index contributed by atoms with van der Waals surface area (Å²) in [6.07, 6.45) is -2.41. The van der Waals surface area contributed by atoms with Crippen LogP contribution in [0.2, 0.25) is 0 Å². The van der Waals surface area contributed by atoms with Gasteiger partial charge < -0.3 is 15.4 Å². The van der Waals surface area contributed by atoms with Crippen LogP contribution < -0.4 is 15.4 Å². The number of ether oxygens (including phenoxy) is 1. The summed E-state index contributed by atoms with van der Waals surface area (Å²) < 4.78 is 30.1. The molecule has 0 aliphatic rings. The Bertz CT molecular complexity index is 464. The molecule has 0 unspecified atom stereocenters. The van der Waals surface area contributed by atoms with E-state index < -0.39 is 13.0 Å². The van der Waals surface area contributed by atoms with Gasteiger partial charge in [0.15, 0.2) is 5.96 Å². The second kappa shape index (κ2) is 9.15. The molecular weight excluding hydrogens is 276 g/mol. The van der Waals surface area contributed by atoms with Crippen molar-refractivity contribution in [1.29, 1.82) is 0 Å². The number of nitrogens with one attached hydrogen (secondary N) is 2. The van der Waals surface area contributed by atoms with Gasteiger partial charge in [-0.3, -0.25) is 0 Å². The van der Waals surface area contributed by atoms with Crippen LogP contribution in [-0.4, -0.2) is 32.1 Å². The largest absolute Gasteiger partial charge is 0.494 e. The first kappa shape index (κ1) is 17.2. The SMILES string of the molecule is CCNC(=NCc1ccc(C)cc1OCC)NCC(F)F. The normalized spacial score (nSPS) is 11.6. The minimum absolute atomic E-state index is 0.369. The monoisotopic (exact) mass is 299 g/mol. The van der Waals surface area contributed by atoms with Crippen molar-refractivity contribution in [1.82, 2.24) is 10.6 Å². The number of alkyl halides is 2. The standard InChI is InChI=1S/C15H23F2N3O/c1-4-18-15(20-10-14(16)17)19-9-12-7-6-11(3)8-13(12)21-5-2/h6-8,14H,4-5,9-10H2,1-3H3,(H2,18,19,20). The second-order valence-corrected chi connectivity index (χ2v) is 4.51. The average Bonchev–Trinajstić information content (AvgIpc) is 2.43. The highest BCUT2D eigenvalue weighted by molar-refractivity contribution is 5.79. The second-order valence-electron chi connectivity index (χ2n) is 4.51. The molecule has 0 spiro atoms. The van der Waals surface area contributed by atoms with Gasteiger partial charge in [0.05, 0.1) is 19.7 Å². The van der Waals surface area contributed by atoms with E-state index in [2.05, 4.69) is 15.6 Å². The third-order valence-electron chi connectivity index (χ3n) is 2.70. The van der Waals surface area contributed by atoms with Gasteiger partial charge in [0.2, 0.25) is 0 Å². The molecule has 1 rings (SSSR count). The lowest BCUT2D eigenvalue weighted by Gasteiger charge is -2.12. The van der Waals surface area contributed by atoms with E-state index in [9.17, 15) is 8.78 Å². The Morgan fingerprint density at radius 2 is 2.05 bits per heavy atom. The summed E-state index contributed by atoms with van der Waals surface area (Å²) in [6.45, 7) is 6.93. The van der Waals surface area contributed by atoms with Crippen molar-refractivity contribution in [2.24, 2.45) is 4.99 Å². The third-order valence-corrected chi connectivity index (χ3v) is 2.70. The molecule has 21 heavy (non-hydrogen) atoms. The van der Waals surface area contributed by atoms with E-state index in [1.54, 1.807) is 0 Å². The summed E-state index contributed by atoms with van der Waals surface area (Å²) in [4.78, 5) is 4.31. The first-order chi connectivity index (χ1) is 10.1. The van der Waals surface area contributed by atoms with Gasteiger partial charge in [-0.25, -0.2) is 13.8 Å². The van der Waals surface area contributed by atoms with Crippen molar-refractivity contribution in [2.45, 2.75) is 33.7 Å². The van der Waals surface area contributed by atoms with Gasteiger partial charge in [0, 0.05) is 12.1 Å².